The molecular formula is C6H11NO5. The van der Waals surface area contributed by atoms with Gasteiger partial charge in [-0.15, -0.1) is 0 Å². The molecule has 0 unspecified atom stereocenters. The highest BCUT2D eigenvalue weighted by molar-refractivity contribution is 5.82. The van der Waals surface area contributed by atoms with Gasteiger partial charge in [0, 0.05) is 0 Å². The third kappa shape index (κ3) is 1.42. The van der Waals surface area contributed by atoms with Crippen LogP contribution in [0.25, 0.3) is 0 Å². The third-order valence-electron chi connectivity index (χ3n) is 1.88. The Morgan fingerprint density at radius 3 is 2.33 bits per heavy atom. The average Bonchev–Trinajstić information content (AvgIpc) is 2.08. The molecule has 6 nitrogen and oxygen atoms in total. The number of hydrogen-bond acceptors (Lipinski definition) is 5. The zero-order valence-electron chi connectivity index (χ0n) is 6.21. The van der Waals surface area contributed by atoms with Gasteiger partial charge < -0.3 is 25.7 Å². The number of carbonyl (C=O) groups excluding carboxylic acids is 1. The molecule has 0 aliphatic carbocycles. The van der Waals surface area contributed by atoms with E-state index in [0.717, 1.165) is 0 Å². The van der Waals surface area contributed by atoms with E-state index >= 15 is 0 Å². The van der Waals surface area contributed by atoms with Gasteiger partial charge in [0.25, 0.3) is 5.91 Å². The van der Waals surface area contributed by atoms with E-state index in [4.69, 9.17) is 20.4 Å². The van der Waals surface area contributed by atoms with Crippen molar-refractivity contribution in [2.24, 2.45) is 0 Å². The minimum atomic E-state index is -1.62. The summed E-state index contributed by atoms with van der Waals surface area (Å²) in [4.78, 5) is 10.8. The van der Waals surface area contributed by atoms with Gasteiger partial charge in [-0.2, -0.15) is 0 Å². The fraction of sp³-hybridized carbons (Fsp3) is 0.833. The second-order valence-electron chi connectivity index (χ2n) is 2.72. The van der Waals surface area contributed by atoms with Gasteiger partial charge >= 0.3 is 0 Å². The van der Waals surface area contributed by atoms with E-state index in [-0.39, 0.29) is 0 Å². The number of carbonyl (C=O) groups is 1. The highest BCUT2D eigenvalue weighted by atomic mass is 16.4. The largest absolute Gasteiger partial charge is 0.394 e. The first-order valence-electron chi connectivity index (χ1n) is 3.53. The molecule has 6 heteroatoms. The molecule has 0 saturated carbocycles. The maximum Gasteiger partial charge on any atom is 0.252 e. The number of hydrogen-bond donors (Lipinski definition) is 5. The first-order valence-corrected chi connectivity index (χ1v) is 3.53. The van der Waals surface area contributed by atoms with Crippen molar-refractivity contribution >= 4 is 5.91 Å². The van der Waals surface area contributed by atoms with Gasteiger partial charge in [-0.25, -0.2) is 0 Å². The van der Waals surface area contributed by atoms with Crippen LogP contribution in [0.5, 0.6) is 0 Å². The summed E-state index contributed by atoms with van der Waals surface area (Å²) >= 11 is 0. The summed E-state index contributed by atoms with van der Waals surface area (Å²) in [7, 11) is 0. The van der Waals surface area contributed by atoms with E-state index < -0.39 is 36.9 Å². The van der Waals surface area contributed by atoms with Crippen molar-refractivity contribution in [3.63, 3.8) is 0 Å². The quantitative estimate of drug-likeness (QED) is 0.286. The van der Waals surface area contributed by atoms with E-state index in [0.29, 0.717) is 0 Å². The number of amides is 1. The van der Waals surface area contributed by atoms with Crippen LogP contribution in [0.15, 0.2) is 0 Å². The molecule has 0 radical (unpaired) electrons. The predicted octanol–water partition coefficient (Wildman–Crippen LogP) is -3.44. The summed E-state index contributed by atoms with van der Waals surface area (Å²) in [6.45, 7) is -0.476. The van der Waals surface area contributed by atoms with E-state index in [9.17, 15) is 4.79 Å². The molecule has 1 rings (SSSR count). The molecule has 0 aromatic rings. The normalized spacial score (nSPS) is 42.5. The summed E-state index contributed by atoms with van der Waals surface area (Å²) in [6.07, 6.45) is -4.48. The van der Waals surface area contributed by atoms with Gasteiger partial charge in [-0.1, -0.05) is 0 Å². The van der Waals surface area contributed by atoms with Gasteiger partial charge in [-0.3, -0.25) is 4.79 Å². The Labute approximate surface area is 68.4 Å². The third-order valence-corrected chi connectivity index (χ3v) is 1.88. The lowest BCUT2D eigenvalue weighted by Gasteiger charge is -2.34. The number of aliphatic hydroxyl groups excluding tert-OH is 4. The van der Waals surface area contributed by atoms with Crippen LogP contribution in [0.1, 0.15) is 0 Å². The topological polar surface area (TPSA) is 110 Å². The fourth-order valence-electron chi connectivity index (χ4n) is 1.09. The second-order valence-corrected chi connectivity index (χ2v) is 2.72. The van der Waals surface area contributed by atoms with E-state index in [1.807, 2.05) is 0 Å². The van der Waals surface area contributed by atoms with Crippen molar-refractivity contribution in [1.82, 2.24) is 5.32 Å². The van der Waals surface area contributed by atoms with Gasteiger partial charge in [0.1, 0.15) is 12.2 Å². The minimum Gasteiger partial charge on any atom is -0.394 e. The molecule has 4 atom stereocenters. The Hall–Kier alpha value is -0.690. The molecule has 0 bridgehead atoms. The Morgan fingerprint density at radius 1 is 1.25 bits per heavy atom. The van der Waals surface area contributed by atoms with Crippen LogP contribution in [0.2, 0.25) is 0 Å². The van der Waals surface area contributed by atoms with Crippen molar-refractivity contribution in [3.05, 3.63) is 0 Å². The number of piperidine rings is 1. The van der Waals surface area contributed by atoms with Gasteiger partial charge in [0.2, 0.25) is 0 Å². The van der Waals surface area contributed by atoms with Crippen LogP contribution in [0.4, 0.5) is 0 Å². The van der Waals surface area contributed by atoms with Crippen LogP contribution >= 0.6 is 0 Å². The van der Waals surface area contributed by atoms with E-state index in [2.05, 4.69) is 5.32 Å². The van der Waals surface area contributed by atoms with Crippen molar-refractivity contribution in [3.8, 4) is 0 Å². The second kappa shape index (κ2) is 3.36. The van der Waals surface area contributed by atoms with Crippen LogP contribution in [0.3, 0.4) is 0 Å². The Morgan fingerprint density at radius 2 is 1.83 bits per heavy atom. The molecule has 0 spiro atoms. The highest BCUT2D eigenvalue weighted by Gasteiger charge is 2.40. The maximum atomic E-state index is 10.8. The summed E-state index contributed by atoms with van der Waals surface area (Å²) in [5.74, 6) is -0.785. The van der Waals surface area contributed by atoms with Crippen molar-refractivity contribution < 1.29 is 25.2 Å². The molecule has 1 saturated heterocycles. The first kappa shape index (κ1) is 9.40. The number of aliphatic hydroxyl groups is 4. The highest BCUT2D eigenvalue weighted by Crippen LogP contribution is 2.10. The van der Waals surface area contributed by atoms with Crippen molar-refractivity contribution in [2.45, 2.75) is 24.4 Å². The molecule has 0 aromatic carbocycles. The lowest BCUT2D eigenvalue weighted by atomic mass is 9.96. The molecule has 0 aromatic heterocycles. The molecule has 1 fully saturated rings. The van der Waals surface area contributed by atoms with E-state index in [1.54, 1.807) is 0 Å². The van der Waals surface area contributed by atoms with E-state index in [1.165, 1.54) is 0 Å². The molecule has 1 amide bonds. The molecule has 1 heterocycles. The summed E-state index contributed by atoms with van der Waals surface area (Å²) in [5, 5.41) is 37.9. The standard InChI is InChI=1S/C6H11NO5/c8-1-2-3(9)4(10)5(11)6(12)7-2/h2-5,8-11H,1H2,(H,7,12)/t2-,3-,4+,5+/m0/s1. The number of rotatable bonds is 1. The monoisotopic (exact) mass is 177 g/mol. The Balaban J connectivity index is 2.70. The van der Waals surface area contributed by atoms with Gasteiger partial charge in [0.05, 0.1) is 12.6 Å². The smallest absolute Gasteiger partial charge is 0.252 e. The minimum absolute atomic E-state index is 0.476. The van der Waals surface area contributed by atoms with Crippen LogP contribution in [-0.4, -0.2) is 57.3 Å². The SMILES string of the molecule is O=C1N[C@@H](CO)[C@H](O)[C@@H](O)[C@H]1O. The van der Waals surface area contributed by atoms with Crippen LogP contribution in [-0.2, 0) is 4.79 Å². The average molecular weight is 177 g/mol. The van der Waals surface area contributed by atoms with Gasteiger partial charge in [0.15, 0.2) is 6.10 Å². The van der Waals surface area contributed by atoms with Crippen molar-refractivity contribution in [2.75, 3.05) is 6.61 Å². The zero-order chi connectivity index (χ0) is 9.30. The molecule has 5 N–H and O–H groups in total. The Kier molecular flexibility index (Phi) is 2.63. The Bertz CT molecular complexity index is 183. The maximum absolute atomic E-state index is 10.8. The fourth-order valence-corrected chi connectivity index (χ4v) is 1.09. The van der Waals surface area contributed by atoms with Gasteiger partial charge in [-0.05, 0) is 0 Å². The zero-order valence-corrected chi connectivity index (χ0v) is 6.21. The lowest BCUT2D eigenvalue weighted by molar-refractivity contribution is -0.155. The summed E-state index contributed by atoms with van der Waals surface area (Å²) < 4.78 is 0. The van der Waals surface area contributed by atoms with Crippen LogP contribution < -0.4 is 5.32 Å². The lowest BCUT2D eigenvalue weighted by Crippen LogP contribution is -2.63. The molecule has 70 valence electrons. The molecule has 1 aliphatic heterocycles. The molecule has 12 heavy (non-hydrogen) atoms. The van der Waals surface area contributed by atoms with Crippen LogP contribution in [0, 0.1) is 0 Å². The predicted molar refractivity (Wildman–Crippen MR) is 37.0 cm³/mol. The number of nitrogens with one attached hydrogen (secondary N) is 1. The summed E-state index contributed by atoms with van der Waals surface area (Å²) in [6, 6.07) is -0.907. The first-order chi connectivity index (χ1) is 5.57. The summed E-state index contributed by atoms with van der Waals surface area (Å²) in [5.41, 5.74) is 0. The van der Waals surface area contributed by atoms with Crippen molar-refractivity contribution in [1.29, 1.82) is 0 Å². The molecular weight excluding hydrogens is 166 g/mol. The molecule has 1 aliphatic rings.